The van der Waals surface area contributed by atoms with Gasteiger partial charge < -0.3 is 4.74 Å². The highest BCUT2D eigenvalue weighted by atomic mass is 32.1. The molecule has 16 heavy (non-hydrogen) atoms. The average Bonchev–Trinajstić information content (AvgIpc) is 2.75. The molecule has 1 aromatic heterocycles. The van der Waals surface area contributed by atoms with Gasteiger partial charge in [-0.25, -0.2) is 0 Å². The first-order chi connectivity index (χ1) is 7.70. The molecular weight excluding hydrogens is 220 g/mol. The van der Waals surface area contributed by atoms with Crippen LogP contribution in [0.5, 0.6) is 0 Å². The topological polar surface area (TPSA) is 35.0 Å². The number of benzene rings is 1. The van der Waals surface area contributed by atoms with Crippen molar-refractivity contribution in [2.75, 3.05) is 7.11 Å². The van der Waals surface area contributed by atoms with Crippen LogP contribution in [-0.2, 0) is 4.74 Å². The van der Waals surface area contributed by atoms with E-state index in [1.807, 2.05) is 13.8 Å². The van der Waals surface area contributed by atoms with Crippen LogP contribution >= 0.6 is 11.3 Å². The lowest BCUT2D eigenvalue weighted by Gasteiger charge is -2.09. The molecule has 1 atom stereocenters. The summed E-state index contributed by atoms with van der Waals surface area (Å²) in [6.07, 6.45) is 0.130. The summed E-state index contributed by atoms with van der Waals surface area (Å²) in [6, 6.07) is 8.26. The summed E-state index contributed by atoms with van der Waals surface area (Å²) in [5.74, 6) is 0. The molecule has 0 amide bonds. The molecule has 84 valence electrons. The number of aryl methyl sites for hydroxylation is 1. The summed E-state index contributed by atoms with van der Waals surface area (Å²) < 4.78 is 5.26. The smallest absolute Gasteiger partial charge is 0.147 e. The Morgan fingerprint density at radius 1 is 1.19 bits per heavy atom. The second kappa shape index (κ2) is 4.72. The molecule has 2 aromatic rings. The summed E-state index contributed by atoms with van der Waals surface area (Å²) in [5.41, 5.74) is 2.28. The van der Waals surface area contributed by atoms with Crippen molar-refractivity contribution >= 4 is 11.3 Å². The van der Waals surface area contributed by atoms with E-state index in [-0.39, 0.29) is 6.10 Å². The first kappa shape index (κ1) is 11.2. The van der Waals surface area contributed by atoms with Gasteiger partial charge in [0.1, 0.15) is 10.0 Å². The van der Waals surface area contributed by atoms with E-state index in [9.17, 15) is 0 Å². The summed E-state index contributed by atoms with van der Waals surface area (Å²) in [4.78, 5) is 0. The van der Waals surface area contributed by atoms with Gasteiger partial charge in [0.25, 0.3) is 0 Å². The predicted molar refractivity (Wildman–Crippen MR) is 65.5 cm³/mol. The molecule has 0 radical (unpaired) electrons. The Labute approximate surface area is 99.1 Å². The highest BCUT2D eigenvalue weighted by Gasteiger charge is 2.06. The molecule has 0 N–H and O–H groups in total. The molecule has 0 aliphatic heterocycles. The number of hydrogen-bond acceptors (Lipinski definition) is 4. The molecule has 3 nitrogen and oxygen atoms in total. The molecule has 2 rings (SSSR count). The number of nitrogens with zero attached hydrogens (tertiary/aromatic N) is 2. The van der Waals surface area contributed by atoms with E-state index < -0.39 is 0 Å². The Hall–Kier alpha value is -1.26. The first-order valence-corrected chi connectivity index (χ1v) is 5.95. The summed E-state index contributed by atoms with van der Waals surface area (Å²) in [7, 11) is 1.71. The zero-order valence-electron chi connectivity index (χ0n) is 9.60. The fourth-order valence-corrected chi connectivity index (χ4v) is 2.14. The lowest BCUT2D eigenvalue weighted by molar-refractivity contribution is 0.119. The maximum atomic E-state index is 5.26. The molecule has 0 bridgehead atoms. The van der Waals surface area contributed by atoms with Gasteiger partial charge in [-0.3, -0.25) is 0 Å². The first-order valence-electron chi connectivity index (χ1n) is 5.14. The highest BCUT2D eigenvalue weighted by molar-refractivity contribution is 7.14. The summed E-state index contributed by atoms with van der Waals surface area (Å²) >= 11 is 1.61. The van der Waals surface area contributed by atoms with Crippen LogP contribution in [-0.4, -0.2) is 17.3 Å². The molecule has 0 aliphatic rings. The molecular formula is C12H14N2OS. The maximum Gasteiger partial charge on any atom is 0.147 e. The highest BCUT2D eigenvalue weighted by Crippen LogP contribution is 2.25. The van der Waals surface area contributed by atoms with Gasteiger partial charge in [-0.1, -0.05) is 35.6 Å². The minimum Gasteiger partial charge on any atom is -0.377 e. The third-order valence-electron chi connectivity index (χ3n) is 2.51. The second-order valence-corrected chi connectivity index (χ2v) is 4.81. The Bertz CT molecular complexity index is 464. The van der Waals surface area contributed by atoms with E-state index in [0.29, 0.717) is 0 Å². The minimum absolute atomic E-state index is 0.130. The Balaban J connectivity index is 2.25. The van der Waals surface area contributed by atoms with Crippen LogP contribution in [0.3, 0.4) is 0 Å². The number of ether oxygens (including phenoxy) is 1. The van der Waals surface area contributed by atoms with Crippen molar-refractivity contribution in [2.24, 2.45) is 0 Å². The van der Waals surface area contributed by atoms with Gasteiger partial charge in [-0.2, -0.15) is 0 Å². The van der Waals surface area contributed by atoms with E-state index in [1.54, 1.807) is 18.4 Å². The normalized spacial score (nSPS) is 12.7. The molecule has 1 heterocycles. The van der Waals surface area contributed by atoms with Crippen LogP contribution in [0.1, 0.15) is 23.6 Å². The quantitative estimate of drug-likeness (QED) is 0.818. The van der Waals surface area contributed by atoms with Gasteiger partial charge >= 0.3 is 0 Å². The summed E-state index contributed by atoms with van der Waals surface area (Å²) in [6.45, 7) is 3.99. The molecule has 0 fully saturated rings. The number of aromatic nitrogens is 2. The Kier molecular flexibility index (Phi) is 3.31. The van der Waals surface area contributed by atoms with Crippen LogP contribution in [0.2, 0.25) is 0 Å². The average molecular weight is 234 g/mol. The zero-order valence-corrected chi connectivity index (χ0v) is 10.4. The Morgan fingerprint density at radius 2 is 1.88 bits per heavy atom. The third-order valence-corrected chi connectivity index (χ3v) is 3.39. The molecule has 0 saturated heterocycles. The lowest BCUT2D eigenvalue weighted by atomic mass is 10.1. The van der Waals surface area contributed by atoms with Crippen molar-refractivity contribution < 1.29 is 4.74 Å². The van der Waals surface area contributed by atoms with Crippen molar-refractivity contribution in [1.82, 2.24) is 10.2 Å². The molecule has 1 unspecified atom stereocenters. The van der Waals surface area contributed by atoms with Gasteiger partial charge in [0.05, 0.1) is 6.10 Å². The van der Waals surface area contributed by atoms with E-state index >= 15 is 0 Å². The van der Waals surface area contributed by atoms with E-state index in [0.717, 1.165) is 15.6 Å². The van der Waals surface area contributed by atoms with Crippen molar-refractivity contribution in [2.45, 2.75) is 20.0 Å². The van der Waals surface area contributed by atoms with Crippen molar-refractivity contribution in [3.05, 3.63) is 34.8 Å². The SMILES string of the molecule is COC(C)c1ccc(-c2nnc(C)s2)cc1. The van der Waals surface area contributed by atoms with Gasteiger partial charge in [-0.15, -0.1) is 10.2 Å². The van der Waals surface area contributed by atoms with E-state index in [4.69, 9.17) is 4.74 Å². The zero-order chi connectivity index (χ0) is 11.5. The molecule has 4 heteroatoms. The largest absolute Gasteiger partial charge is 0.377 e. The predicted octanol–water partition coefficient (Wildman–Crippen LogP) is 3.22. The minimum atomic E-state index is 0.130. The van der Waals surface area contributed by atoms with Gasteiger partial charge in [-0.05, 0) is 19.4 Å². The van der Waals surface area contributed by atoms with Crippen LogP contribution in [0.4, 0.5) is 0 Å². The standard InChI is InChI=1S/C12H14N2OS/c1-8(15-3)10-4-6-11(7-5-10)12-14-13-9(2)16-12/h4-8H,1-3H3. The van der Waals surface area contributed by atoms with E-state index in [1.165, 1.54) is 5.56 Å². The van der Waals surface area contributed by atoms with E-state index in [2.05, 4.69) is 34.5 Å². The van der Waals surface area contributed by atoms with Crippen molar-refractivity contribution in [3.63, 3.8) is 0 Å². The van der Waals surface area contributed by atoms with Crippen LogP contribution in [0.25, 0.3) is 10.6 Å². The fraction of sp³-hybridized carbons (Fsp3) is 0.333. The monoisotopic (exact) mass is 234 g/mol. The molecule has 0 spiro atoms. The number of rotatable bonds is 3. The van der Waals surface area contributed by atoms with Crippen LogP contribution < -0.4 is 0 Å². The lowest BCUT2D eigenvalue weighted by Crippen LogP contribution is -1.94. The van der Waals surface area contributed by atoms with Gasteiger partial charge in [0.2, 0.25) is 0 Å². The maximum absolute atomic E-state index is 5.26. The summed E-state index contributed by atoms with van der Waals surface area (Å²) in [5, 5.41) is 10.1. The molecule has 0 aliphatic carbocycles. The van der Waals surface area contributed by atoms with Crippen LogP contribution in [0, 0.1) is 6.92 Å². The second-order valence-electron chi connectivity index (χ2n) is 3.63. The molecule has 1 aromatic carbocycles. The number of hydrogen-bond donors (Lipinski definition) is 0. The third kappa shape index (κ3) is 2.28. The van der Waals surface area contributed by atoms with Gasteiger partial charge in [0.15, 0.2) is 0 Å². The molecule has 0 saturated carbocycles. The van der Waals surface area contributed by atoms with Crippen molar-refractivity contribution in [3.8, 4) is 10.6 Å². The number of methoxy groups -OCH3 is 1. The fourth-order valence-electron chi connectivity index (χ4n) is 1.45. The van der Waals surface area contributed by atoms with Crippen LogP contribution in [0.15, 0.2) is 24.3 Å². The van der Waals surface area contributed by atoms with Gasteiger partial charge in [0, 0.05) is 12.7 Å². The van der Waals surface area contributed by atoms with Crippen molar-refractivity contribution in [1.29, 1.82) is 0 Å². The Morgan fingerprint density at radius 3 is 2.38 bits per heavy atom.